The number of nitrogens with two attached hydrogens (primary N) is 1. The van der Waals surface area contributed by atoms with E-state index in [9.17, 15) is 0 Å². The van der Waals surface area contributed by atoms with Crippen LogP contribution in [0.5, 0.6) is 0 Å². The zero-order chi connectivity index (χ0) is 13.2. The van der Waals surface area contributed by atoms with E-state index in [-0.39, 0.29) is 0 Å². The van der Waals surface area contributed by atoms with Crippen LogP contribution >= 0.6 is 0 Å². The lowest BCUT2D eigenvalue weighted by Gasteiger charge is -2.21. The molecule has 0 bridgehead atoms. The number of unbranched alkanes of at least 4 members (excludes halogenated alkanes) is 1. The molecule has 1 aromatic rings. The van der Waals surface area contributed by atoms with Gasteiger partial charge in [-0.25, -0.2) is 0 Å². The zero-order valence-corrected chi connectivity index (χ0v) is 11.7. The van der Waals surface area contributed by atoms with E-state index < -0.39 is 0 Å². The summed E-state index contributed by atoms with van der Waals surface area (Å²) in [6.07, 6.45) is 2.32. The summed E-state index contributed by atoms with van der Waals surface area (Å²) in [7, 11) is 1.76. The van der Waals surface area contributed by atoms with Gasteiger partial charge in [-0.15, -0.1) is 0 Å². The maximum Gasteiger partial charge on any atom is 0.0462 e. The standard InChI is InChI=1S/C15H26N2O/c1-3-17(10-6-7-11-18-2)13-15-9-5-4-8-14(15)12-16/h4-5,8-9H,3,6-7,10-13,16H2,1-2H3. The molecule has 0 heterocycles. The van der Waals surface area contributed by atoms with Crippen molar-refractivity contribution in [2.75, 3.05) is 26.8 Å². The van der Waals surface area contributed by atoms with Gasteiger partial charge in [-0.05, 0) is 37.1 Å². The fourth-order valence-corrected chi connectivity index (χ4v) is 2.08. The van der Waals surface area contributed by atoms with Gasteiger partial charge in [0.1, 0.15) is 0 Å². The molecule has 2 N–H and O–H groups in total. The van der Waals surface area contributed by atoms with Gasteiger partial charge in [-0.2, -0.15) is 0 Å². The topological polar surface area (TPSA) is 38.5 Å². The SMILES string of the molecule is CCN(CCCCOC)Cc1ccccc1CN. The maximum atomic E-state index is 5.77. The highest BCUT2D eigenvalue weighted by Gasteiger charge is 2.06. The second-order valence-corrected chi connectivity index (χ2v) is 4.54. The largest absolute Gasteiger partial charge is 0.385 e. The van der Waals surface area contributed by atoms with Crippen molar-refractivity contribution in [3.05, 3.63) is 35.4 Å². The van der Waals surface area contributed by atoms with Crippen LogP contribution in [0.25, 0.3) is 0 Å². The molecule has 0 spiro atoms. The number of rotatable bonds is 9. The highest BCUT2D eigenvalue weighted by atomic mass is 16.5. The van der Waals surface area contributed by atoms with Crippen LogP contribution in [0.2, 0.25) is 0 Å². The lowest BCUT2D eigenvalue weighted by Crippen LogP contribution is -2.25. The highest BCUT2D eigenvalue weighted by Crippen LogP contribution is 2.11. The van der Waals surface area contributed by atoms with Crippen molar-refractivity contribution in [3.63, 3.8) is 0 Å². The average molecular weight is 250 g/mol. The molecule has 0 fully saturated rings. The van der Waals surface area contributed by atoms with Gasteiger partial charge in [0.25, 0.3) is 0 Å². The smallest absolute Gasteiger partial charge is 0.0462 e. The molecular formula is C15H26N2O. The molecule has 18 heavy (non-hydrogen) atoms. The summed E-state index contributed by atoms with van der Waals surface area (Å²) >= 11 is 0. The third-order valence-corrected chi connectivity index (χ3v) is 3.25. The van der Waals surface area contributed by atoms with Gasteiger partial charge >= 0.3 is 0 Å². The number of ether oxygens (including phenoxy) is 1. The Bertz CT molecular complexity index is 328. The molecule has 1 rings (SSSR count). The van der Waals surface area contributed by atoms with Crippen molar-refractivity contribution in [1.82, 2.24) is 4.90 Å². The van der Waals surface area contributed by atoms with Crippen LogP contribution in [0, 0.1) is 0 Å². The first-order valence-corrected chi connectivity index (χ1v) is 6.80. The lowest BCUT2D eigenvalue weighted by molar-refractivity contribution is 0.183. The Morgan fingerprint density at radius 1 is 1.17 bits per heavy atom. The molecule has 0 atom stereocenters. The van der Waals surface area contributed by atoms with Crippen LogP contribution in [0.3, 0.4) is 0 Å². The predicted octanol–water partition coefficient (Wildman–Crippen LogP) is 2.39. The van der Waals surface area contributed by atoms with E-state index in [1.165, 1.54) is 17.5 Å². The second kappa shape index (κ2) is 9.09. The molecule has 0 aliphatic carbocycles. The first-order chi connectivity index (χ1) is 8.81. The summed E-state index contributed by atoms with van der Waals surface area (Å²) < 4.78 is 5.08. The van der Waals surface area contributed by atoms with Crippen LogP contribution in [0.15, 0.2) is 24.3 Å². The minimum Gasteiger partial charge on any atom is -0.385 e. The third-order valence-electron chi connectivity index (χ3n) is 3.25. The van der Waals surface area contributed by atoms with E-state index in [0.29, 0.717) is 6.54 Å². The zero-order valence-electron chi connectivity index (χ0n) is 11.7. The number of hydrogen-bond donors (Lipinski definition) is 1. The van der Waals surface area contributed by atoms with Gasteiger partial charge in [0.05, 0.1) is 0 Å². The number of hydrogen-bond acceptors (Lipinski definition) is 3. The van der Waals surface area contributed by atoms with Crippen molar-refractivity contribution in [1.29, 1.82) is 0 Å². The van der Waals surface area contributed by atoms with Gasteiger partial charge in [-0.3, -0.25) is 4.90 Å². The molecule has 0 saturated heterocycles. The summed E-state index contributed by atoms with van der Waals surface area (Å²) in [5.41, 5.74) is 8.38. The Kier molecular flexibility index (Phi) is 7.65. The molecule has 3 heteroatoms. The van der Waals surface area contributed by atoms with Crippen LogP contribution in [-0.2, 0) is 17.8 Å². The Labute approximate surface area is 111 Å². The summed E-state index contributed by atoms with van der Waals surface area (Å²) in [6.45, 7) is 6.89. The normalized spacial score (nSPS) is 11.1. The van der Waals surface area contributed by atoms with E-state index in [4.69, 9.17) is 10.5 Å². The molecule has 0 amide bonds. The van der Waals surface area contributed by atoms with E-state index in [1.54, 1.807) is 7.11 Å². The molecule has 0 unspecified atom stereocenters. The van der Waals surface area contributed by atoms with Crippen LogP contribution in [0.1, 0.15) is 30.9 Å². The van der Waals surface area contributed by atoms with Crippen LogP contribution in [-0.4, -0.2) is 31.7 Å². The highest BCUT2D eigenvalue weighted by molar-refractivity contribution is 5.26. The fourth-order valence-electron chi connectivity index (χ4n) is 2.08. The van der Waals surface area contributed by atoms with Crippen LogP contribution in [0.4, 0.5) is 0 Å². The van der Waals surface area contributed by atoms with E-state index in [1.807, 2.05) is 0 Å². The molecular weight excluding hydrogens is 224 g/mol. The van der Waals surface area contributed by atoms with Crippen molar-refractivity contribution < 1.29 is 4.74 Å². The van der Waals surface area contributed by atoms with Gasteiger partial charge in [0.15, 0.2) is 0 Å². The average Bonchev–Trinajstić information content (AvgIpc) is 2.42. The van der Waals surface area contributed by atoms with E-state index in [0.717, 1.165) is 32.7 Å². The van der Waals surface area contributed by atoms with Crippen molar-refractivity contribution in [2.24, 2.45) is 5.73 Å². The van der Waals surface area contributed by atoms with Crippen molar-refractivity contribution >= 4 is 0 Å². The number of benzene rings is 1. The second-order valence-electron chi connectivity index (χ2n) is 4.54. The van der Waals surface area contributed by atoms with Gasteiger partial charge in [0.2, 0.25) is 0 Å². The summed E-state index contributed by atoms with van der Waals surface area (Å²) in [5.74, 6) is 0. The molecule has 0 aliphatic rings. The molecule has 0 radical (unpaired) electrons. The first kappa shape index (κ1) is 15.2. The number of nitrogens with zero attached hydrogens (tertiary/aromatic N) is 1. The molecule has 1 aromatic carbocycles. The third kappa shape index (κ3) is 5.17. The van der Waals surface area contributed by atoms with Gasteiger partial charge in [-0.1, -0.05) is 31.2 Å². The van der Waals surface area contributed by atoms with E-state index in [2.05, 4.69) is 36.1 Å². The lowest BCUT2D eigenvalue weighted by atomic mass is 10.1. The molecule has 0 saturated carbocycles. The fraction of sp³-hybridized carbons (Fsp3) is 0.600. The summed E-state index contributed by atoms with van der Waals surface area (Å²) in [6, 6.07) is 8.45. The Morgan fingerprint density at radius 3 is 2.50 bits per heavy atom. The van der Waals surface area contributed by atoms with E-state index >= 15 is 0 Å². The van der Waals surface area contributed by atoms with Crippen molar-refractivity contribution in [3.8, 4) is 0 Å². The summed E-state index contributed by atoms with van der Waals surface area (Å²) in [4.78, 5) is 2.46. The monoisotopic (exact) mass is 250 g/mol. The number of methoxy groups -OCH3 is 1. The van der Waals surface area contributed by atoms with Crippen molar-refractivity contribution in [2.45, 2.75) is 32.9 Å². The first-order valence-electron chi connectivity index (χ1n) is 6.80. The Balaban J connectivity index is 2.46. The minimum atomic E-state index is 0.622. The molecule has 102 valence electrons. The molecule has 0 aromatic heterocycles. The van der Waals surface area contributed by atoms with Gasteiger partial charge in [0, 0.05) is 26.8 Å². The quantitative estimate of drug-likeness (QED) is 0.684. The maximum absolute atomic E-state index is 5.77. The molecule has 3 nitrogen and oxygen atoms in total. The predicted molar refractivity (Wildman–Crippen MR) is 76.4 cm³/mol. The summed E-state index contributed by atoms with van der Waals surface area (Å²) in [5, 5.41) is 0. The molecule has 0 aliphatic heterocycles. The Hall–Kier alpha value is -0.900. The van der Waals surface area contributed by atoms with Crippen LogP contribution < -0.4 is 5.73 Å². The minimum absolute atomic E-state index is 0.622. The Morgan fingerprint density at radius 2 is 1.89 bits per heavy atom. The van der Waals surface area contributed by atoms with Gasteiger partial charge < -0.3 is 10.5 Å².